The molecule has 4 nitrogen and oxygen atoms in total. The molecule has 0 saturated carbocycles. The van der Waals surface area contributed by atoms with Crippen LogP contribution in [-0.2, 0) is 9.59 Å². The van der Waals surface area contributed by atoms with E-state index in [2.05, 4.69) is 32.0 Å². The Balaban J connectivity index is 1.83. The van der Waals surface area contributed by atoms with Crippen molar-refractivity contribution in [2.24, 2.45) is 5.92 Å². The molecule has 0 aromatic heterocycles. The number of benzene rings is 1. The van der Waals surface area contributed by atoms with Gasteiger partial charge in [-0.3, -0.25) is 9.59 Å². The number of carbonyl (C=O) groups is 2. The SMILES string of the molecule is Cc1ccc(C)c(SCC(=O)N2CCC(C(=O)N(C)C)CC2)c1. The van der Waals surface area contributed by atoms with Crippen LogP contribution in [0, 0.1) is 19.8 Å². The van der Waals surface area contributed by atoms with Crippen molar-refractivity contribution in [2.75, 3.05) is 32.9 Å². The molecule has 0 aliphatic carbocycles. The van der Waals surface area contributed by atoms with Crippen LogP contribution in [0.2, 0.25) is 0 Å². The van der Waals surface area contributed by atoms with Crippen LogP contribution >= 0.6 is 11.8 Å². The van der Waals surface area contributed by atoms with Gasteiger partial charge in [0.15, 0.2) is 0 Å². The monoisotopic (exact) mass is 334 g/mol. The Hall–Kier alpha value is -1.49. The quantitative estimate of drug-likeness (QED) is 0.795. The third-order valence-electron chi connectivity index (χ3n) is 4.33. The second kappa shape index (κ2) is 7.86. The maximum atomic E-state index is 12.4. The lowest BCUT2D eigenvalue weighted by Gasteiger charge is -2.32. The van der Waals surface area contributed by atoms with Gasteiger partial charge in [-0.2, -0.15) is 0 Å². The molecule has 0 unspecified atom stereocenters. The van der Waals surface area contributed by atoms with E-state index in [0.717, 1.165) is 12.8 Å². The first kappa shape index (κ1) is 17.9. The van der Waals surface area contributed by atoms with Gasteiger partial charge in [-0.25, -0.2) is 0 Å². The average Bonchev–Trinajstić information content (AvgIpc) is 2.54. The van der Waals surface area contributed by atoms with E-state index in [4.69, 9.17) is 0 Å². The number of carbonyl (C=O) groups excluding carboxylic acids is 2. The lowest BCUT2D eigenvalue weighted by atomic mass is 9.95. The summed E-state index contributed by atoms with van der Waals surface area (Å²) in [7, 11) is 3.58. The summed E-state index contributed by atoms with van der Waals surface area (Å²) in [5, 5.41) is 0. The highest BCUT2D eigenvalue weighted by atomic mass is 32.2. The number of likely N-dealkylation sites (tertiary alicyclic amines) is 1. The van der Waals surface area contributed by atoms with Crippen LogP contribution in [-0.4, -0.2) is 54.6 Å². The molecule has 1 fully saturated rings. The van der Waals surface area contributed by atoms with E-state index >= 15 is 0 Å². The first-order valence-corrected chi connectivity index (χ1v) is 9.06. The third kappa shape index (κ3) is 4.74. The summed E-state index contributed by atoms with van der Waals surface area (Å²) in [6, 6.07) is 6.32. The van der Waals surface area contributed by atoms with E-state index in [0.29, 0.717) is 18.8 Å². The highest BCUT2D eigenvalue weighted by Crippen LogP contribution is 2.25. The maximum absolute atomic E-state index is 12.4. The molecule has 0 radical (unpaired) electrons. The minimum Gasteiger partial charge on any atom is -0.349 e. The Labute approximate surface area is 143 Å². The number of amides is 2. The smallest absolute Gasteiger partial charge is 0.232 e. The minimum atomic E-state index is 0.0701. The highest BCUT2D eigenvalue weighted by Gasteiger charge is 2.28. The minimum absolute atomic E-state index is 0.0701. The average molecular weight is 334 g/mol. The molecule has 0 atom stereocenters. The van der Waals surface area contributed by atoms with E-state index in [1.165, 1.54) is 16.0 Å². The molecule has 1 aliphatic rings. The molecule has 2 amide bonds. The molecule has 2 rings (SSSR count). The number of aryl methyl sites for hydroxylation is 2. The standard InChI is InChI=1S/C18H26N2O2S/c1-13-5-6-14(2)16(11-13)23-12-17(21)20-9-7-15(8-10-20)18(22)19(3)4/h5-6,11,15H,7-10,12H2,1-4H3. The first-order chi connectivity index (χ1) is 10.9. The molecular weight excluding hydrogens is 308 g/mol. The van der Waals surface area contributed by atoms with Gasteiger partial charge >= 0.3 is 0 Å². The molecule has 1 aromatic carbocycles. The second-order valence-electron chi connectivity index (χ2n) is 6.45. The molecule has 1 aromatic rings. The summed E-state index contributed by atoms with van der Waals surface area (Å²) in [5.74, 6) is 0.894. The number of hydrogen-bond donors (Lipinski definition) is 0. The summed E-state index contributed by atoms with van der Waals surface area (Å²) >= 11 is 1.61. The fourth-order valence-electron chi connectivity index (χ4n) is 2.83. The van der Waals surface area contributed by atoms with Crippen molar-refractivity contribution < 1.29 is 9.59 Å². The number of nitrogens with zero attached hydrogens (tertiary/aromatic N) is 2. The van der Waals surface area contributed by atoms with Crippen molar-refractivity contribution in [2.45, 2.75) is 31.6 Å². The van der Waals surface area contributed by atoms with E-state index in [-0.39, 0.29) is 17.7 Å². The Morgan fingerprint density at radius 3 is 2.48 bits per heavy atom. The largest absolute Gasteiger partial charge is 0.349 e. The van der Waals surface area contributed by atoms with Crippen LogP contribution in [0.25, 0.3) is 0 Å². The molecule has 126 valence electrons. The van der Waals surface area contributed by atoms with Crippen LogP contribution in [0.1, 0.15) is 24.0 Å². The second-order valence-corrected chi connectivity index (χ2v) is 7.46. The fraction of sp³-hybridized carbons (Fsp3) is 0.556. The van der Waals surface area contributed by atoms with Gasteiger partial charge in [0.05, 0.1) is 5.75 Å². The van der Waals surface area contributed by atoms with Gasteiger partial charge in [0.25, 0.3) is 0 Å². The van der Waals surface area contributed by atoms with Crippen molar-refractivity contribution in [1.29, 1.82) is 0 Å². The van der Waals surface area contributed by atoms with Crippen LogP contribution < -0.4 is 0 Å². The fourth-order valence-corrected chi connectivity index (χ4v) is 3.86. The molecule has 5 heteroatoms. The van der Waals surface area contributed by atoms with Gasteiger partial charge in [-0.05, 0) is 38.3 Å². The highest BCUT2D eigenvalue weighted by molar-refractivity contribution is 8.00. The number of rotatable bonds is 4. The van der Waals surface area contributed by atoms with Crippen LogP contribution in [0.3, 0.4) is 0 Å². The van der Waals surface area contributed by atoms with E-state index < -0.39 is 0 Å². The molecule has 1 aliphatic heterocycles. The van der Waals surface area contributed by atoms with Crippen molar-refractivity contribution in [3.8, 4) is 0 Å². The van der Waals surface area contributed by atoms with Crippen LogP contribution in [0.15, 0.2) is 23.1 Å². The van der Waals surface area contributed by atoms with Gasteiger partial charge < -0.3 is 9.80 Å². The molecule has 1 saturated heterocycles. The maximum Gasteiger partial charge on any atom is 0.232 e. The number of hydrogen-bond acceptors (Lipinski definition) is 3. The summed E-state index contributed by atoms with van der Waals surface area (Å²) in [5.41, 5.74) is 2.43. The van der Waals surface area contributed by atoms with Gasteiger partial charge in [0.1, 0.15) is 0 Å². The van der Waals surface area contributed by atoms with Crippen molar-refractivity contribution in [3.05, 3.63) is 29.3 Å². The first-order valence-electron chi connectivity index (χ1n) is 8.07. The number of thioether (sulfide) groups is 1. The van der Waals surface area contributed by atoms with Gasteiger partial charge in [-0.15, -0.1) is 11.8 Å². The normalized spacial score (nSPS) is 15.6. The van der Waals surface area contributed by atoms with E-state index in [1.54, 1.807) is 30.8 Å². The summed E-state index contributed by atoms with van der Waals surface area (Å²) in [6.45, 7) is 5.52. The van der Waals surface area contributed by atoms with Gasteiger partial charge in [0, 0.05) is 38.0 Å². The zero-order valence-corrected chi connectivity index (χ0v) is 15.3. The number of piperidine rings is 1. The Morgan fingerprint density at radius 1 is 1.22 bits per heavy atom. The summed E-state index contributed by atoms with van der Waals surface area (Å²) in [6.07, 6.45) is 1.55. The van der Waals surface area contributed by atoms with Gasteiger partial charge in [-0.1, -0.05) is 17.7 Å². The zero-order chi connectivity index (χ0) is 17.0. The molecule has 1 heterocycles. The zero-order valence-electron chi connectivity index (χ0n) is 14.5. The van der Waals surface area contributed by atoms with E-state index in [1.807, 2.05) is 4.90 Å². The summed E-state index contributed by atoms with van der Waals surface area (Å²) in [4.78, 5) is 29.1. The lowest BCUT2D eigenvalue weighted by molar-refractivity contribution is -0.138. The topological polar surface area (TPSA) is 40.6 Å². The molecule has 0 spiro atoms. The molecular formula is C18H26N2O2S. The van der Waals surface area contributed by atoms with Crippen molar-refractivity contribution in [3.63, 3.8) is 0 Å². The third-order valence-corrected chi connectivity index (χ3v) is 5.47. The van der Waals surface area contributed by atoms with Crippen molar-refractivity contribution in [1.82, 2.24) is 9.80 Å². The molecule has 0 bridgehead atoms. The summed E-state index contributed by atoms with van der Waals surface area (Å²) < 4.78 is 0. The predicted octanol–water partition coefficient (Wildman–Crippen LogP) is 2.72. The van der Waals surface area contributed by atoms with Crippen LogP contribution in [0.4, 0.5) is 0 Å². The Kier molecular flexibility index (Phi) is 6.10. The van der Waals surface area contributed by atoms with E-state index in [9.17, 15) is 9.59 Å². The molecule has 23 heavy (non-hydrogen) atoms. The predicted molar refractivity (Wildman–Crippen MR) is 94.6 cm³/mol. The van der Waals surface area contributed by atoms with Gasteiger partial charge in [0.2, 0.25) is 11.8 Å². The Morgan fingerprint density at radius 2 is 1.87 bits per heavy atom. The van der Waals surface area contributed by atoms with Crippen LogP contribution in [0.5, 0.6) is 0 Å². The molecule has 0 N–H and O–H groups in total. The Bertz CT molecular complexity index is 578. The van der Waals surface area contributed by atoms with Crippen molar-refractivity contribution >= 4 is 23.6 Å². The lowest BCUT2D eigenvalue weighted by Crippen LogP contribution is -2.43.